The normalized spacial score (nSPS) is 19.5. The van der Waals surface area contributed by atoms with Gasteiger partial charge in [-0.15, -0.1) is 0 Å². The van der Waals surface area contributed by atoms with Crippen molar-refractivity contribution >= 4 is 5.84 Å². The molecule has 1 fully saturated rings. The van der Waals surface area contributed by atoms with Crippen molar-refractivity contribution in [1.82, 2.24) is 4.90 Å². The standard InChI is InChI=1S/C13H18N2O/c1-13(2)10-15(8-9-16-13)12(14)11-6-4-3-5-7-11/h3-7,14H,8-10H2,1-2H3. The van der Waals surface area contributed by atoms with Crippen molar-refractivity contribution in [2.75, 3.05) is 19.7 Å². The first-order valence-corrected chi connectivity index (χ1v) is 5.61. The highest BCUT2D eigenvalue weighted by atomic mass is 16.5. The first-order valence-electron chi connectivity index (χ1n) is 5.61. The van der Waals surface area contributed by atoms with Crippen LogP contribution in [0.25, 0.3) is 0 Å². The van der Waals surface area contributed by atoms with Gasteiger partial charge in [0.2, 0.25) is 0 Å². The van der Waals surface area contributed by atoms with Crippen molar-refractivity contribution in [2.24, 2.45) is 0 Å². The van der Waals surface area contributed by atoms with E-state index in [0.29, 0.717) is 12.4 Å². The van der Waals surface area contributed by atoms with Gasteiger partial charge in [-0.25, -0.2) is 0 Å². The second-order valence-corrected chi connectivity index (χ2v) is 4.74. The highest BCUT2D eigenvalue weighted by molar-refractivity contribution is 5.96. The zero-order chi connectivity index (χ0) is 11.6. The molecule has 1 aliphatic rings. The summed E-state index contributed by atoms with van der Waals surface area (Å²) in [6, 6.07) is 9.86. The van der Waals surface area contributed by atoms with Gasteiger partial charge in [-0.1, -0.05) is 30.3 Å². The summed E-state index contributed by atoms with van der Waals surface area (Å²) in [5, 5.41) is 8.17. The number of nitrogens with one attached hydrogen (secondary N) is 1. The fourth-order valence-corrected chi connectivity index (χ4v) is 1.99. The molecule has 3 nitrogen and oxygen atoms in total. The number of hydrogen-bond donors (Lipinski definition) is 1. The molecule has 1 N–H and O–H groups in total. The Labute approximate surface area is 96.5 Å². The highest BCUT2D eigenvalue weighted by Gasteiger charge is 2.28. The third-order valence-corrected chi connectivity index (χ3v) is 2.79. The fraction of sp³-hybridized carbons (Fsp3) is 0.462. The summed E-state index contributed by atoms with van der Waals surface area (Å²) in [4.78, 5) is 2.08. The zero-order valence-electron chi connectivity index (χ0n) is 9.86. The predicted octanol–water partition coefficient (Wildman–Crippen LogP) is 2.12. The van der Waals surface area contributed by atoms with Gasteiger partial charge >= 0.3 is 0 Å². The Morgan fingerprint density at radius 2 is 2.00 bits per heavy atom. The number of rotatable bonds is 1. The van der Waals surface area contributed by atoms with Gasteiger partial charge in [-0.2, -0.15) is 0 Å². The van der Waals surface area contributed by atoms with E-state index in [1.807, 2.05) is 30.3 Å². The zero-order valence-corrected chi connectivity index (χ0v) is 9.86. The van der Waals surface area contributed by atoms with Gasteiger partial charge in [0.25, 0.3) is 0 Å². The van der Waals surface area contributed by atoms with Crippen molar-refractivity contribution in [3.8, 4) is 0 Å². The van der Waals surface area contributed by atoms with E-state index in [1.165, 1.54) is 0 Å². The molecule has 0 saturated carbocycles. The van der Waals surface area contributed by atoms with Gasteiger partial charge in [-0.05, 0) is 13.8 Å². The number of ether oxygens (including phenoxy) is 1. The number of hydrogen-bond acceptors (Lipinski definition) is 2. The fourth-order valence-electron chi connectivity index (χ4n) is 1.99. The summed E-state index contributed by atoms with van der Waals surface area (Å²) in [5.41, 5.74) is 0.819. The van der Waals surface area contributed by atoms with E-state index >= 15 is 0 Å². The summed E-state index contributed by atoms with van der Waals surface area (Å²) in [6.45, 7) is 6.41. The maximum absolute atomic E-state index is 8.17. The van der Waals surface area contributed by atoms with Gasteiger partial charge in [0.15, 0.2) is 0 Å². The quantitative estimate of drug-likeness (QED) is 0.579. The van der Waals surface area contributed by atoms with E-state index in [1.54, 1.807) is 0 Å². The van der Waals surface area contributed by atoms with Crippen molar-refractivity contribution in [2.45, 2.75) is 19.4 Å². The average Bonchev–Trinajstić information content (AvgIpc) is 2.28. The van der Waals surface area contributed by atoms with Gasteiger partial charge in [0.1, 0.15) is 5.84 Å². The van der Waals surface area contributed by atoms with E-state index in [-0.39, 0.29) is 5.60 Å². The molecule has 0 spiro atoms. The molecule has 2 rings (SSSR count). The van der Waals surface area contributed by atoms with Gasteiger partial charge in [-0.3, -0.25) is 5.41 Å². The first kappa shape index (κ1) is 11.1. The Kier molecular flexibility index (Phi) is 2.97. The lowest BCUT2D eigenvalue weighted by Crippen LogP contribution is -2.50. The maximum atomic E-state index is 8.17. The van der Waals surface area contributed by atoms with Crippen LogP contribution in [0.15, 0.2) is 30.3 Å². The smallest absolute Gasteiger partial charge is 0.128 e. The second-order valence-electron chi connectivity index (χ2n) is 4.74. The summed E-state index contributed by atoms with van der Waals surface area (Å²) >= 11 is 0. The Hall–Kier alpha value is -1.35. The van der Waals surface area contributed by atoms with Crippen LogP contribution in [0.5, 0.6) is 0 Å². The van der Waals surface area contributed by atoms with Crippen LogP contribution < -0.4 is 0 Å². The summed E-state index contributed by atoms with van der Waals surface area (Å²) in [5.74, 6) is 0.594. The first-order chi connectivity index (χ1) is 7.58. The molecule has 0 atom stereocenters. The summed E-state index contributed by atoms with van der Waals surface area (Å²) in [7, 11) is 0. The van der Waals surface area contributed by atoms with Gasteiger partial charge in [0.05, 0.1) is 12.2 Å². The highest BCUT2D eigenvalue weighted by Crippen LogP contribution is 2.18. The Morgan fingerprint density at radius 3 is 2.62 bits per heavy atom. The number of amidine groups is 1. The summed E-state index contributed by atoms with van der Waals surface area (Å²) in [6.07, 6.45) is 0. The van der Waals surface area contributed by atoms with Crippen molar-refractivity contribution in [3.63, 3.8) is 0 Å². The van der Waals surface area contributed by atoms with Crippen LogP contribution in [0.3, 0.4) is 0 Å². The van der Waals surface area contributed by atoms with Crippen LogP contribution in [0.1, 0.15) is 19.4 Å². The molecular weight excluding hydrogens is 200 g/mol. The number of nitrogens with zero attached hydrogens (tertiary/aromatic N) is 1. The lowest BCUT2D eigenvalue weighted by Gasteiger charge is -2.39. The second kappa shape index (κ2) is 4.26. The SMILES string of the molecule is CC1(C)CN(C(=N)c2ccccc2)CCO1. The molecule has 1 aliphatic heterocycles. The van der Waals surface area contributed by atoms with Crippen LogP contribution in [-0.2, 0) is 4.74 Å². The molecular formula is C13H18N2O. The van der Waals surface area contributed by atoms with Gasteiger partial charge in [0, 0.05) is 18.7 Å². The number of morpholine rings is 1. The average molecular weight is 218 g/mol. The third kappa shape index (κ3) is 2.42. The topological polar surface area (TPSA) is 36.3 Å². The number of benzene rings is 1. The molecule has 86 valence electrons. The van der Waals surface area contributed by atoms with Gasteiger partial charge < -0.3 is 9.64 Å². The Morgan fingerprint density at radius 1 is 1.31 bits per heavy atom. The molecule has 0 bridgehead atoms. The third-order valence-electron chi connectivity index (χ3n) is 2.79. The minimum absolute atomic E-state index is 0.153. The van der Waals surface area contributed by atoms with E-state index in [0.717, 1.165) is 18.7 Å². The molecule has 3 heteroatoms. The molecule has 0 radical (unpaired) electrons. The molecule has 0 unspecified atom stereocenters. The molecule has 1 aromatic carbocycles. The minimum atomic E-state index is -0.153. The maximum Gasteiger partial charge on any atom is 0.128 e. The largest absolute Gasteiger partial charge is 0.372 e. The van der Waals surface area contributed by atoms with Crippen LogP contribution >= 0.6 is 0 Å². The van der Waals surface area contributed by atoms with E-state index in [2.05, 4.69) is 18.7 Å². The monoisotopic (exact) mass is 218 g/mol. The van der Waals surface area contributed by atoms with Crippen molar-refractivity contribution < 1.29 is 4.74 Å². The molecule has 16 heavy (non-hydrogen) atoms. The lowest BCUT2D eigenvalue weighted by atomic mass is 10.1. The van der Waals surface area contributed by atoms with Crippen LogP contribution in [0.2, 0.25) is 0 Å². The molecule has 0 amide bonds. The molecule has 1 saturated heterocycles. The molecule has 0 aromatic heterocycles. The molecule has 1 heterocycles. The Balaban J connectivity index is 2.11. The van der Waals surface area contributed by atoms with Crippen LogP contribution in [-0.4, -0.2) is 36.0 Å². The Bertz CT molecular complexity index is 373. The van der Waals surface area contributed by atoms with Crippen molar-refractivity contribution in [1.29, 1.82) is 5.41 Å². The van der Waals surface area contributed by atoms with Crippen LogP contribution in [0, 0.1) is 5.41 Å². The molecule has 1 aromatic rings. The predicted molar refractivity (Wildman–Crippen MR) is 64.9 cm³/mol. The molecule has 0 aliphatic carbocycles. The van der Waals surface area contributed by atoms with Crippen LogP contribution in [0.4, 0.5) is 0 Å². The van der Waals surface area contributed by atoms with E-state index in [4.69, 9.17) is 10.1 Å². The van der Waals surface area contributed by atoms with E-state index < -0.39 is 0 Å². The minimum Gasteiger partial charge on any atom is -0.372 e. The van der Waals surface area contributed by atoms with E-state index in [9.17, 15) is 0 Å². The summed E-state index contributed by atoms with van der Waals surface area (Å²) < 4.78 is 5.64. The lowest BCUT2D eigenvalue weighted by molar-refractivity contribution is -0.0677. The van der Waals surface area contributed by atoms with Crippen molar-refractivity contribution in [3.05, 3.63) is 35.9 Å².